The highest BCUT2D eigenvalue weighted by atomic mass is 32.2. The van der Waals surface area contributed by atoms with Gasteiger partial charge in [0.15, 0.2) is 0 Å². The minimum atomic E-state index is -4.35. The Balaban J connectivity index is 1.89. The summed E-state index contributed by atoms with van der Waals surface area (Å²) in [5.74, 6) is -2.14. The standard InChI is InChI=1S/C17H18F2N2O4S2/c18-13-7-8-17(16(19)11-13)26(22,23)20-14-5-4-6-15(12-14)27(24,25)21-9-2-1-3-10-21/h4-8,11-12,20H,1-3,9-10H2. The van der Waals surface area contributed by atoms with E-state index in [1.807, 2.05) is 0 Å². The summed E-state index contributed by atoms with van der Waals surface area (Å²) in [4.78, 5) is -0.780. The Kier molecular flexibility index (Phi) is 5.50. The van der Waals surface area contributed by atoms with Crippen molar-refractivity contribution in [3.8, 4) is 0 Å². The van der Waals surface area contributed by atoms with Crippen LogP contribution in [-0.4, -0.2) is 34.2 Å². The molecule has 2 aromatic carbocycles. The summed E-state index contributed by atoms with van der Waals surface area (Å²) in [6.07, 6.45) is 2.51. The third-order valence-corrected chi connectivity index (χ3v) is 7.53. The summed E-state index contributed by atoms with van der Waals surface area (Å²) in [6.45, 7) is 0.832. The molecule has 0 bridgehead atoms. The number of halogens is 2. The van der Waals surface area contributed by atoms with Gasteiger partial charge in [-0.1, -0.05) is 12.5 Å². The van der Waals surface area contributed by atoms with Crippen molar-refractivity contribution >= 4 is 25.7 Å². The lowest BCUT2D eigenvalue weighted by Crippen LogP contribution is -2.35. The molecule has 3 rings (SSSR count). The van der Waals surface area contributed by atoms with Crippen LogP contribution in [0.5, 0.6) is 0 Å². The summed E-state index contributed by atoms with van der Waals surface area (Å²) < 4.78 is 80.5. The van der Waals surface area contributed by atoms with Crippen LogP contribution in [0.2, 0.25) is 0 Å². The second-order valence-corrected chi connectivity index (χ2v) is 9.76. The molecule has 0 aliphatic carbocycles. The van der Waals surface area contributed by atoms with Crippen molar-refractivity contribution in [2.45, 2.75) is 29.1 Å². The van der Waals surface area contributed by atoms with Crippen molar-refractivity contribution in [2.75, 3.05) is 17.8 Å². The molecular weight excluding hydrogens is 398 g/mol. The zero-order valence-electron chi connectivity index (χ0n) is 14.2. The van der Waals surface area contributed by atoms with Gasteiger partial charge < -0.3 is 0 Å². The normalized spacial score (nSPS) is 16.2. The van der Waals surface area contributed by atoms with Crippen LogP contribution in [0.3, 0.4) is 0 Å². The van der Waals surface area contributed by atoms with Crippen molar-refractivity contribution < 1.29 is 25.6 Å². The fourth-order valence-corrected chi connectivity index (χ4v) is 5.55. The second kappa shape index (κ2) is 7.53. The van der Waals surface area contributed by atoms with Gasteiger partial charge in [-0.05, 0) is 43.2 Å². The first kappa shape index (κ1) is 19.7. The van der Waals surface area contributed by atoms with E-state index < -0.39 is 36.6 Å². The summed E-state index contributed by atoms with van der Waals surface area (Å²) >= 11 is 0. The van der Waals surface area contributed by atoms with Gasteiger partial charge in [-0.15, -0.1) is 0 Å². The Bertz CT molecular complexity index is 1050. The number of benzene rings is 2. The number of anilines is 1. The van der Waals surface area contributed by atoms with E-state index in [-0.39, 0.29) is 10.6 Å². The Morgan fingerprint density at radius 2 is 1.59 bits per heavy atom. The highest BCUT2D eigenvalue weighted by molar-refractivity contribution is 7.92. The molecular formula is C17H18F2N2O4S2. The molecule has 2 aromatic rings. The number of piperidine rings is 1. The van der Waals surface area contributed by atoms with Crippen LogP contribution in [-0.2, 0) is 20.0 Å². The van der Waals surface area contributed by atoms with Gasteiger partial charge in [-0.3, -0.25) is 4.72 Å². The zero-order chi connectivity index (χ0) is 19.7. The number of rotatable bonds is 5. The molecule has 0 atom stereocenters. The highest BCUT2D eigenvalue weighted by Crippen LogP contribution is 2.25. The van der Waals surface area contributed by atoms with Gasteiger partial charge in [0.05, 0.1) is 10.6 Å². The predicted octanol–water partition coefficient (Wildman–Crippen LogP) is 2.94. The van der Waals surface area contributed by atoms with E-state index in [1.54, 1.807) is 0 Å². The lowest BCUT2D eigenvalue weighted by molar-refractivity contribution is 0.346. The Hall–Kier alpha value is -2.04. The molecule has 1 heterocycles. The largest absolute Gasteiger partial charge is 0.279 e. The van der Waals surface area contributed by atoms with Gasteiger partial charge >= 0.3 is 0 Å². The van der Waals surface area contributed by atoms with E-state index >= 15 is 0 Å². The van der Waals surface area contributed by atoms with Gasteiger partial charge in [-0.2, -0.15) is 4.31 Å². The summed E-state index contributed by atoms with van der Waals surface area (Å²) in [7, 11) is -8.09. The van der Waals surface area contributed by atoms with E-state index in [9.17, 15) is 25.6 Å². The highest BCUT2D eigenvalue weighted by Gasteiger charge is 2.27. The van der Waals surface area contributed by atoms with Crippen molar-refractivity contribution in [1.29, 1.82) is 0 Å². The van der Waals surface area contributed by atoms with Crippen molar-refractivity contribution in [3.63, 3.8) is 0 Å². The second-order valence-electron chi connectivity index (χ2n) is 6.17. The molecule has 0 unspecified atom stereocenters. The summed E-state index contributed by atoms with van der Waals surface area (Å²) in [5.41, 5.74) is -0.0307. The quantitative estimate of drug-likeness (QED) is 0.812. The first-order valence-electron chi connectivity index (χ1n) is 8.28. The average molecular weight is 416 g/mol. The zero-order valence-corrected chi connectivity index (χ0v) is 15.9. The molecule has 1 aliphatic rings. The molecule has 1 N–H and O–H groups in total. The topological polar surface area (TPSA) is 83.5 Å². The molecule has 1 fully saturated rings. The number of nitrogens with one attached hydrogen (secondary N) is 1. The van der Waals surface area contributed by atoms with Gasteiger partial charge in [0.2, 0.25) is 10.0 Å². The minimum Gasteiger partial charge on any atom is -0.279 e. The van der Waals surface area contributed by atoms with Crippen LogP contribution in [0.1, 0.15) is 19.3 Å². The van der Waals surface area contributed by atoms with E-state index in [0.717, 1.165) is 31.4 Å². The van der Waals surface area contributed by atoms with Gasteiger partial charge in [0, 0.05) is 19.2 Å². The lowest BCUT2D eigenvalue weighted by Gasteiger charge is -2.26. The molecule has 146 valence electrons. The van der Waals surface area contributed by atoms with E-state index in [0.29, 0.717) is 19.2 Å². The Morgan fingerprint density at radius 3 is 2.26 bits per heavy atom. The molecule has 1 saturated heterocycles. The molecule has 6 nitrogen and oxygen atoms in total. The molecule has 0 spiro atoms. The number of hydrogen-bond donors (Lipinski definition) is 1. The number of nitrogens with zero attached hydrogens (tertiary/aromatic N) is 1. The van der Waals surface area contributed by atoms with Crippen LogP contribution >= 0.6 is 0 Å². The van der Waals surface area contributed by atoms with Gasteiger partial charge in [-0.25, -0.2) is 25.6 Å². The average Bonchev–Trinajstić information content (AvgIpc) is 2.62. The third-order valence-electron chi connectivity index (χ3n) is 4.22. The van der Waals surface area contributed by atoms with Crippen LogP contribution in [0.25, 0.3) is 0 Å². The molecule has 1 aliphatic heterocycles. The van der Waals surface area contributed by atoms with E-state index in [4.69, 9.17) is 0 Å². The molecule has 10 heteroatoms. The molecule has 0 aromatic heterocycles. The molecule has 0 saturated carbocycles. The maximum Gasteiger partial charge on any atom is 0.264 e. The maximum atomic E-state index is 13.8. The van der Waals surface area contributed by atoms with Crippen molar-refractivity contribution in [1.82, 2.24) is 4.31 Å². The molecule has 27 heavy (non-hydrogen) atoms. The fourth-order valence-electron chi connectivity index (χ4n) is 2.88. The maximum absolute atomic E-state index is 13.8. The predicted molar refractivity (Wildman–Crippen MR) is 96.2 cm³/mol. The SMILES string of the molecule is O=S(=O)(Nc1cccc(S(=O)(=O)N2CCCCC2)c1)c1ccc(F)cc1F. The van der Waals surface area contributed by atoms with Crippen molar-refractivity contribution in [3.05, 3.63) is 54.1 Å². The lowest BCUT2D eigenvalue weighted by atomic mass is 10.2. The van der Waals surface area contributed by atoms with E-state index in [1.165, 1.54) is 28.6 Å². The number of hydrogen-bond acceptors (Lipinski definition) is 4. The molecule has 0 radical (unpaired) electrons. The van der Waals surface area contributed by atoms with Gasteiger partial charge in [0.1, 0.15) is 16.5 Å². The van der Waals surface area contributed by atoms with E-state index in [2.05, 4.69) is 4.72 Å². The fraction of sp³-hybridized carbons (Fsp3) is 0.294. The molecule has 0 amide bonds. The third kappa shape index (κ3) is 4.28. The summed E-state index contributed by atoms with van der Waals surface area (Å²) in [5, 5.41) is 0. The number of sulfonamides is 2. The Morgan fingerprint density at radius 1 is 0.889 bits per heavy atom. The minimum absolute atomic E-state index is 0.0307. The smallest absolute Gasteiger partial charge is 0.264 e. The van der Waals surface area contributed by atoms with Crippen LogP contribution < -0.4 is 4.72 Å². The van der Waals surface area contributed by atoms with Crippen LogP contribution in [0.15, 0.2) is 52.3 Å². The monoisotopic (exact) mass is 416 g/mol. The van der Waals surface area contributed by atoms with Gasteiger partial charge in [0.25, 0.3) is 10.0 Å². The van der Waals surface area contributed by atoms with Crippen molar-refractivity contribution in [2.24, 2.45) is 0 Å². The summed E-state index contributed by atoms with van der Waals surface area (Å²) in [6, 6.07) is 7.41. The first-order chi connectivity index (χ1) is 12.7. The first-order valence-corrected chi connectivity index (χ1v) is 11.2. The van der Waals surface area contributed by atoms with Crippen LogP contribution in [0.4, 0.5) is 14.5 Å². The van der Waals surface area contributed by atoms with Crippen LogP contribution in [0, 0.1) is 11.6 Å². The Labute approximate surface area is 156 Å².